The Morgan fingerprint density at radius 1 is 1.29 bits per heavy atom. The molecule has 1 saturated heterocycles. The highest BCUT2D eigenvalue weighted by molar-refractivity contribution is 7.99. The number of anilines is 1. The summed E-state index contributed by atoms with van der Waals surface area (Å²) in [6.45, 7) is 3.01. The number of nitrogens with zero attached hydrogens (tertiary/aromatic N) is 1. The molecule has 1 fully saturated rings. The summed E-state index contributed by atoms with van der Waals surface area (Å²) >= 11 is 6.90. The third-order valence-corrected chi connectivity index (χ3v) is 4.71. The lowest BCUT2D eigenvalue weighted by Gasteiger charge is -2.18. The zero-order valence-corrected chi connectivity index (χ0v) is 13.6. The van der Waals surface area contributed by atoms with E-state index in [-0.39, 0.29) is 5.91 Å². The second kappa shape index (κ2) is 8.36. The standard InChI is InChI=1S/C15H21N3OS2/c16-15(20)12-2-4-13(5-3-12)17-14(19)6-8-18-7-1-10-21-11-9-18/h2-5H,1,6-11H2,(H2,16,20)(H,17,19). The van der Waals surface area contributed by atoms with Gasteiger partial charge in [0.15, 0.2) is 0 Å². The van der Waals surface area contributed by atoms with Crippen LogP contribution >= 0.6 is 24.0 Å². The van der Waals surface area contributed by atoms with Crippen molar-refractivity contribution in [2.24, 2.45) is 5.73 Å². The molecule has 3 N–H and O–H groups in total. The van der Waals surface area contributed by atoms with Crippen LogP contribution in [0.1, 0.15) is 18.4 Å². The fourth-order valence-electron chi connectivity index (χ4n) is 2.22. The molecule has 1 amide bonds. The number of benzene rings is 1. The maximum atomic E-state index is 12.0. The Morgan fingerprint density at radius 3 is 2.76 bits per heavy atom. The SMILES string of the molecule is NC(=S)c1ccc(NC(=O)CCN2CCCSCC2)cc1. The average Bonchev–Trinajstić information content (AvgIpc) is 2.74. The number of thioether (sulfide) groups is 1. The largest absolute Gasteiger partial charge is 0.389 e. The molecule has 0 aromatic heterocycles. The monoisotopic (exact) mass is 323 g/mol. The van der Waals surface area contributed by atoms with Gasteiger partial charge in [0.2, 0.25) is 5.91 Å². The predicted octanol–water partition coefficient (Wildman–Crippen LogP) is 2.09. The second-order valence-corrected chi connectivity index (χ2v) is 6.71. The first kappa shape index (κ1) is 16.3. The number of nitrogens with two attached hydrogens (primary N) is 1. The van der Waals surface area contributed by atoms with E-state index in [2.05, 4.69) is 10.2 Å². The first-order valence-electron chi connectivity index (χ1n) is 7.15. The molecule has 1 aliphatic rings. The summed E-state index contributed by atoms with van der Waals surface area (Å²) in [5.74, 6) is 2.45. The summed E-state index contributed by atoms with van der Waals surface area (Å²) < 4.78 is 0. The van der Waals surface area contributed by atoms with Gasteiger partial charge in [0, 0.05) is 36.5 Å². The highest BCUT2D eigenvalue weighted by atomic mass is 32.2. The quantitative estimate of drug-likeness (QED) is 0.813. The number of thiocarbonyl (C=S) groups is 1. The van der Waals surface area contributed by atoms with Crippen molar-refractivity contribution in [1.29, 1.82) is 0 Å². The number of hydrogen-bond donors (Lipinski definition) is 2. The van der Waals surface area contributed by atoms with Gasteiger partial charge < -0.3 is 16.0 Å². The number of rotatable bonds is 5. The van der Waals surface area contributed by atoms with E-state index in [4.69, 9.17) is 18.0 Å². The van der Waals surface area contributed by atoms with E-state index in [1.54, 1.807) is 0 Å². The van der Waals surface area contributed by atoms with Gasteiger partial charge in [-0.1, -0.05) is 12.2 Å². The third-order valence-electron chi connectivity index (χ3n) is 3.42. The molecule has 0 unspecified atom stereocenters. The molecule has 21 heavy (non-hydrogen) atoms. The van der Waals surface area contributed by atoms with Crippen molar-refractivity contribution in [3.8, 4) is 0 Å². The van der Waals surface area contributed by atoms with Crippen LogP contribution in [0, 0.1) is 0 Å². The van der Waals surface area contributed by atoms with Crippen LogP contribution in [0.2, 0.25) is 0 Å². The van der Waals surface area contributed by atoms with Gasteiger partial charge in [0.1, 0.15) is 4.99 Å². The number of hydrogen-bond acceptors (Lipinski definition) is 4. The van der Waals surface area contributed by atoms with E-state index in [0.29, 0.717) is 11.4 Å². The van der Waals surface area contributed by atoms with Gasteiger partial charge in [-0.2, -0.15) is 11.8 Å². The van der Waals surface area contributed by atoms with Gasteiger partial charge in [0.05, 0.1) is 0 Å². The Kier molecular flexibility index (Phi) is 6.48. The van der Waals surface area contributed by atoms with E-state index in [9.17, 15) is 4.79 Å². The minimum absolute atomic E-state index is 0.0509. The maximum absolute atomic E-state index is 12.0. The highest BCUT2D eigenvalue weighted by Crippen LogP contribution is 2.12. The first-order valence-corrected chi connectivity index (χ1v) is 8.71. The van der Waals surface area contributed by atoms with Gasteiger partial charge in [-0.15, -0.1) is 0 Å². The molecular weight excluding hydrogens is 302 g/mol. The van der Waals surface area contributed by atoms with E-state index in [1.165, 1.54) is 17.9 Å². The summed E-state index contributed by atoms with van der Waals surface area (Å²) in [5, 5.41) is 2.91. The van der Waals surface area contributed by atoms with Crippen molar-refractivity contribution in [3.63, 3.8) is 0 Å². The van der Waals surface area contributed by atoms with Crippen molar-refractivity contribution in [3.05, 3.63) is 29.8 Å². The van der Waals surface area contributed by atoms with Crippen molar-refractivity contribution >= 4 is 40.6 Å². The maximum Gasteiger partial charge on any atom is 0.225 e. The lowest BCUT2D eigenvalue weighted by Crippen LogP contribution is -2.29. The first-order chi connectivity index (χ1) is 10.1. The molecule has 1 heterocycles. The molecule has 0 atom stereocenters. The fraction of sp³-hybridized carbons (Fsp3) is 0.467. The Bertz CT molecular complexity index is 482. The molecule has 0 bridgehead atoms. The summed E-state index contributed by atoms with van der Waals surface area (Å²) in [7, 11) is 0. The Labute approximate surface area is 135 Å². The summed E-state index contributed by atoms with van der Waals surface area (Å²) in [6.07, 6.45) is 1.74. The molecule has 2 rings (SSSR count). The predicted molar refractivity (Wildman–Crippen MR) is 94.0 cm³/mol. The molecule has 0 saturated carbocycles. The second-order valence-electron chi connectivity index (χ2n) is 5.05. The Balaban J connectivity index is 1.77. The minimum Gasteiger partial charge on any atom is -0.389 e. The number of carbonyl (C=O) groups excluding carboxylic acids is 1. The van der Waals surface area contributed by atoms with E-state index < -0.39 is 0 Å². The zero-order chi connectivity index (χ0) is 15.1. The molecule has 0 spiro atoms. The van der Waals surface area contributed by atoms with E-state index in [1.807, 2.05) is 36.0 Å². The van der Waals surface area contributed by atoms with Crippen LogP contribution in [-0.2, 0) is 4.79 Å². The van der Waals surface area contributed by atoms with Gasteiger partial charge in [-0.05, 0) is 43.0 Å². The van der Waals surface area contributed by atoms with Crippen LogP contribution in [0.5, 0.6) is 0 Å². The van der Waals surface area contributed by atoms with Gasteiger partial charge in [-0.25, -0.2) is 0 Å². The van der Waals surface area contributed by atoms with Gasteiger partial charge in [-0.3, -0.25) is 4.79 Å². The van der Waals surface area contributed by atoms with Crippen LogP contribution in [0.25, 0.3) is 0 Å². The van der Waals surface area contributed by atoms with Crippen LogP contribution in [0.15, 0.2) is 24.3 Å². The Morgan fingerprint density at radius 2 is 2.05 bits per heavy atom. The molecule has 4 nitrogen and oxygen atoms in total. The number of amides is 1. The van der Waals surface area contributed by atoms with E-state index in [0.717, 1.165) is 30.9 Å². The topological polar surface area (TPSA) is 58.4 Å². The highest BCUT2D eigenvalue weighted by Gasteiger charge is 2.11. The zero-order valence-electron chi connectivity index (χ0n) is 12.0. The molecular formula is C15H21N3OS2. The average molecular weight is 323 g/mol. The van der Waals surface area contributed by atoms with Crippen LogP contribution in [-0.4, -0.2) is 46.9 Å². The summed E-state index contributed by atoms with van der Waals surface area (Å²) in [4.78, 5) is 14.7. The van der Waals surface area contributed by atoms with Crippen LogP contribution in [0.4, 0.5) is 5.69 Å². The summed E-state index contributed by atoms with van der Waals surface area (Å²) in [6, 6.07) is 7.30. The van der Waals surface area contributed by atoms with Gasteiger partial charge >= 0.3 is 0 Å². The lowest BCUT2D eigenvalue weighted by atomic mass is 10.2. The van der Waals surface area contributed by atoms with Crippen molar-refractivity contribution in [2.45, 2.75) is 12.8 Å². The molecule has 1 aliphatic heterocycles. The normalized spacial score (nSPS) is 16.2. The molecule has 6 heteroatoms. The van der Waals surface area contributed by atoms with Crippen molar-refractivity contribution < 1.29 is 4.79 Å². The number of nitrogens with one attached hydrogen (secondary N) is 1. The molecule has 1 aromatic carbocycles. The molecule has 1 aromatic rings. The van der Waals surface area contributed by atoms with Crippen LogP contribution in [0.3, 0.4) is 0 Å². The fourth-order valence-corrected chi connectivity index (χ4v) is 3.28. The van der Waals surface area contributed by atoms with Gasteiger partial charge in [0.25, 0.3) is 0 Å². The molecule has 114 valence electrons. The third kappa shape index (κ3) is 5.65. The van der Waals surface area contributed by atoms with Crippen LogP contribution < -0.4 is 11.1 Å². The smallest absolute Gasteiger partial charge is 0.225 e. The number of carbonyl (C=O) groups is 1. The Hall–Kier alpha value is -1.11. The van der Waals surface area contributed by atoms with Crippen molar-refractivity contribution in [2.75, 3.05) is 36.5 Å². The lowest BCUT2D eigenvalue weighted by molar-refractivity contribution is -0.116. The minimum atomic E-state index is 0.0509. The summed E-state index contributed by atoms with van der Waals surface area (Å²) in [5.41, 5.74) is 7.14. The van der Waals surface area contributed by atoms with E-state index >= 15 is 0 Å². The molecule has 0 radical (unpaired) electrons. The van der Waals surface area contributed by atoms with Crippen molar-refractivity contribution in [1.82, 2.24) is 4.90 Å². The molecule has 0 aliphatic carbocycles.